The summed E-state index contributed by atoms with van der Waals surface area (Å²) < 4.78 is 18.3. The number of thiazole rings is 1. The molecule has 0 aliphatic rings. The molecule has 2 heterocycles. The van der Waals surface area contributed by atoms with E-state index in [0.29, 0.717) is 10.9 Å². The van der Waals surface area contributed by atoms with Gasteiger partial charge in [-0.25, -0.2) is 9.37 Å². The minimum atomic E-state index is -0.325. The van der Waals surface area contributed by atoms with Crippen LogP contribution in [-0.4, -0.2) is 16.0 Å². The lowest BCUT2D eigenvalue weighted by atomic mass is 10.2. The highest BCUT2D eigenvalue weighted by atomic mass is 32.1. The highest BCUT2D eigenvalue weighted by Crippen LogP contribution is 2.29. The normalized spacial score (nSPS) is 10.8. The quantitative estimate of drug-likeness (QED) is 0.474. The number of rotatable bonds is 5. The van der Waals surface area contributed by atoms with E-state index in [1.807, 2.05) is 35.7 Å². The maximum Gasteiger partial charge on any atom is 0.282 e. The number of anilines is 1. The molecule has 0 spiro atoms. The number of nitrogens with zero attached hydrogens (tertiary/aromatic N) is 3. The number of amides is 1. The van der Waals surface area contributed by atoms with Crippen LogP contribution in [0.25, 0.3) is 11.3 Å². The number of carbonyl (C=O) groups excluding carboxylic acids is 1. The summed E-state index contributed by atoms with van der Waals surface area (Å²) in [4.78, 5) is 19.2. The van der Waals surface area contributed by atoms with Crippen LogP contribution in [0, 0.1) is 12.7 Å². The fourth-order valence-electron chi connectivity index (χ4n) is 2.73. The van der Waals surface area contributed by atoms with Crippen LogP contribution in [0.15, 0.2) is 70.6 Å². The van der Waals surface area contributed by atoms with Crippen LogP contribution in [0.4, 0.5) is 9.52 Å². The lowest BCUT2D eigenvalue weighted by Crippen LogP contribution is -2.30. The van der Waals surface area contributed by atoms with Crippen molar-refractivity contribution in [1.82, 2.24) is 10.1 Å². The molecule has 0 fully saturated rings. The average Bonchev–Trinajstić information content (AvgIpc) is 3.37. The van der Waals surface area contributed by atoms with E-state index in [1.165, 1.54) is 28.4 Å². The van der Waals surface area contributed by atoms with Gasteiger partial charge in [0.05, 0.1) is 12.2 Å². The van der Waals surface area contributed by atoms with Crippen molar-refractivity contribution in [3.63, 3.8) is 0 Å². The minimum Gasteiger partial charge on any atom is -0.361 e. The van der Waals surface area contributed by atoms with Crippen molar-refractivity contribution in [2.75, 3.05) is 4.90 Å². The molecule has 5 nitrogen and oxygen atoms in total. The molecule has 140 valence electrons. The Balaban J connectivity index is 1.69. The predicted octanol–water partition coefficient (Wildman–Crippen LogP) is 5.09. The number of halogens is 1. The van der Waals surface area contributed by atoms with E-state index in [9.17, 15) is 9.18 Å². The molecule has 0 N–H and O–H groups in total. The smallest absolute Gasteiger partial charge is 0.282 e. The van der Waals surface area contributed by atoms with Crippen molar-refractivity contribution in [3.8, 4) is 11.3 Å². The fourth-order valence-corrected chi connectivity index (χ4v) is 3.57. The maximum absolute atomic E-state index is 13.3. The third kappa shape index (κ3) is 3.84. The van der Waals surface area contributed by atoms with Gasteiger partial charge in [0, 0.05) is 17.0 Å². The van der Waals surface area contributed by atoms with E-state index in [4.69, 9.17) is 4.52 Å². The van der Waals surface area contributed by atoms with Crippen molar-refractivity contribution < 1.29 is 13.7 Å². The summed E-state index contributed by atoms with van der Waals surface area (Å²) in [6, 6.07) is 17.4. The van der Waals surface area contributed by atoms with Crippen LogP contribution >= 0.6 is 11.3 Å². The van der Waals surface area contributed by atoms with E-state index >= 15 is 0 Å². The van der Waals surface area contributed by atoms with Gasteiger partial charge in [0.25, 0.3) is 5.91 Å². The van der Waals surface area contributed by atoms with Gasteiger partial charge in [-0.3, -0.25) is 9.69 Å². The minimum absolute atomic E-state index is 0.205. The Morgan fingerprint density at radius 1 is 1.14 bits per heavy atom. The molecule has 0 aliphatic heterocycles. The summed E-state index contributed by atoms with van der Waals surface area (Å²) in [5.74, 6) is -0.0984. The predicted molar refractivity (Wildman–Crippen MR) is 106 cm³/mol. The number of benzene rings is 2. The van der Waals surface area contributed by atoms with Crippen molar-refractivity contribution in [2.45, 2.75) is 13.5 Å². The molecule has 0 bridgehead atoms. The van der Waals surface area contributed by atoms with Crippen LogP contribution < -0.4 is 4.90 Å². The molecule has 4 rings (SSSR count). The monoisotopic (exact) mass is 393 g/mol. The van der Waals surface area contributed by atoms with Crippen molar-refractivity contribution >= 4 is 22.4 Å². The third-order valence-corrected chi connectivity index (χ3v) is 5.00. The second-order valence-electron chi connectivity index (χ2n) is 6.22. The topological polar surface area (TPSA) is 59.2 Å². The van der Waals surface area contributed by atoms with E-state index < -0.39 is 0 Å². The first kappa shape index (κ1) is 18.1. The van der Waals surface area contributed by atoms with Gasteiger partial charge >= 0.3 is 0 Å². The molecule has 4 aromatic rings. The number of aromatic nitrogens is 2. The SMILES string of the molecule is Cc1cc(C(=O)N(Cc2ccc(F)cc2)c2nc(-c3ccccc3)cs2)no1. The summed E-state index contributed by atoms with van der Waals surface area (Å²) in [6.07, 6.45) is 0. The first-order chi connectivity index (χ1) is 13.6. The van der Waals surface area contributed by atoms with Gasteiger partial charge in [-0.2, -0.15) is 0 Å². The highest BCUT2D eigenvalue weighted by molar-refractivity contribution is 7.14. The fraction of sp³-hybridized carbons (Fsp3) is 0.0952. The molecule has 0 atom stereocenters. The van der Waals surface area contributed by atoms with Crippen molar-refractivity contribution in [2.24, 2.45) is 0 Å². The number of hydrogen-bond acceptors (Lipinski definition) is 5. The number of aryl methyl sites for hydroxylation is 1. The summed E-state index contributed by atoms with van der Waals surface area (Å²) in [7, 11) is 0. The van der Waals surface area contributed by atoms with Crippen LogP contribution in [0.3, 0.4) is 0 Å². The second-order valence-corrected chi connectivity index (χ2v) is 7.06. The second kappa shape index (κ2) is 7.74. The Labute approximate surface area is 165 Å². The molecule has 2 aromatic carbocycles. The largest absolute Gasteiger partial charge is 0.361 e. The van der Waals surface area contributed by atoms with Crippen molar-refractivity contribution in [3.05, 3.63) is 88.9 Å². The summed E-state index contributed by atoms with van der Waals surface area (Å²) in [5.41, 5.74) is 2.74. The van der Waals surface area contributed by atoms with E-state index in [1.54, 1.807) is 25.1 Å². The van der Waals surface area contributed by atoms with Gasteiger partial charge in [-0.15, -0.1) is 11.3 Å². The van der Waals surface area contributed by atoms with Crippen molar-refractivity contribution in [1.29, 1.82) is 0 Å². The Bertz CT molecular complexity index is 1090. The molecule has 0 aliphatic carbocycles. The molecule has 2 aromatic heterocycles. The maximum atomic E-state index is 13.3. The first-order valence-corrected chi connectivity index (χ1v) is 9.49. The Morgan fingerprint density at radius 3 is 2.57 bits per heavy atom. The molecular weight excluding hydrogens is 377 g/mol. The van der Waals surface area contributed by atoms with Gasteiger partial charge in [0.1, 0.15) is 11.6 Å². The Morgan fingerprint density at radius 2 is 1.89 bits per heavy atom. The van der Waals surface area contributed by atoms with Crippen LogP contribution in [0.2, 0.25) is 0 Å². The zero-order chi connectivity index (χ0) is 19.5. The van der Waals surface area contributed by atoms with Gasteiger partial charge in [-0.1, -0.05) is 47.6 Å². The molecule has 0 radical (unpaired) electrons. The lowest BCUT2D eigenvalue weighted by Gasteiger charge is -2.18. The zero-order valence-electron chi connectivity index (χ0n) is 15.0. The summed E-state index contributed by atoms with van der Waals surface area (Å²) in [5, 5.41) is 6.28. The van der Waals surface area contributed by atoms with E-state index in [-0.39, 0.29) is 24.0 Å². The molecule has 0 saturated carbocycles. The molecule has 7 heteroatoms. The number of carbonyl (C=O) groups is 1. The highest BCUT2D eigenvalue weighted by Gasteiger charge is 2.24. The van der Waals surface area contributed by atoms with Gasteiger partial charge in [0.2, 0.25) is 0 Å². The summed E-state index contributed by atoms with van der Waals surface area (Å²) in [6.45, 7) is 1.97. The lowest BCUT2D eigenvalue weighted by molar-refractivity contribution is 0.0976. The van der Waals surface area contributed by atoms with Crippen LogP contribution in [0.1, 0.15) is 21.8 Å². The van der Waals surface area contributed by atoms with Gasteiger partial charge in [0.15, 0.2) is 10.8 Å². The van der Waals surface area contributed by atoms with Gasteiger partial charge in [-0.05, 0) is 24.6 Å². The average molecular weight is 393 g/mol. The number of hydrogen-bond donors (Lipinski definition) is 0. The van der Waals surface area contributed by atoms with E-state index in [0.717, 1.165) is 16.8 Å². The third-order valence-electron chi connectivity index (χ3n) is 4.14. The first-order valence-electron chi connectivity index (χ1n) is 8.61. The van der Waals surface area contributed by atoms with E-state index in [2.05, 4.69) is 10.1 Å². The molecule has 28 heavy (non-hydrogen) atoms. The van der Waals surface area contributed by atoms with Crippen LogP contribution in [0.5, 0.6) is 0 Å². The van der Waals surface area contributed by atoms with Gasteiger partial charge < -0.3 is 4.52 Å². The van der Waals surface area contributed by atoms with Crippen LogP contribution in [-0.2, 0) is 6.54 Å². The molecule has 0 saturated heterocycles. The summed E-state index contributed by atoms with van der Waals surface area (Å²) >= 11 is 1.37. The molecule has 0 unspecified atom stereocenters. The zero-order valence-corrected chi connectivity index (χ0v) is 15.8. The molecule has 1 amide bonds. The molecular formula is C21H16FN3O2S. The standard InChI is InChI=1S/C21H16FN3O2S/c1-14-11-18(24-27-14)20(26)25(12-15-7-9-17(22)10-8-15)21-23-19(13-28-21)16-5-3-2-4-6-16/h2-11,13H,12H2,1H3. The Kier molecular flexibility index (Phi) is 4.99. The Hall–Kier alpha value is -3.32.